The molecule has 1 aromatic carbocycles. The summed E-state index contributed by atoms with van der Waals surface area (Å²) in [6.07, 6.45) is 1.16. The number of nitrogens with one attached hydrogen (secondary N) is 2. The minimum absolute atomic E-state index is 0.0319. The SMILES string of the molecule is COC(=O)/C(C#N)=C/Nc1ccc(S(=O)(=O)Nc2cc(OC)nc(OC)n2)cc1. The number of carbonyl (C=O) groups excluding carboxylic acids is 1. The summed E-state index contributed by atoms with van der Waals surface area (Å²) in [4.78, 5) is 19.1. The fourth-order valence-electron chi connectivity index (χ4n) is 1.98. The van der Waals surface area contributed by atoms with Gasteiger partial charge < -0.3 is 19.5 Å². The largest absolute Gasteiger partial charge is 0.481 e. The molecule has 0 unspecified atom stereocenters. The van der Waals surface area contributed by atoms with Crippen molar-refractivity contribution in [1.29, 1.82) is 5.26 Å². The van der Waals surface area contributed by atoms with Gasteiger partial charge in [0.2, 0.25) is 5.88 Å². The van der Waals surface area contributed by atoms with Gasteiger partial charge in [0.25, 0.3) is 10.0 Å². The Kier molecular flexibility index (Phi) is 6.94. The summed E-state index contributed by atoms with van der Waals surface area (Å²) in [5.41, 5.74) is 0.212. The molecular formula is C17H17N5O6S. The van der Waals surface area contributed by atoms with Crippen molar-refractivity contribution in [1.82, 2.24) is 9.97 Å². The summed E-state index contributed by atoms with van der Waals surface area (Å²) >= 11 is 0. The molecule has 0 spiro atoms. The lowest BCUT2D eigenvalue weighted by molar-refractivity contribution is -0.135. The maximum atomic E-state index is 12.6. The van der Waals surface area contributed by atoms with Crippen molar-refractivity contribution in [2.45, 2.75) is 4.90 Å². The first-order valence-electron chi connectivity index (χ1n) is 7.88. The van der Waals surface area contributed by atoms with Gasteiger partial charge in [-0.25, -0.2) is 13.2 Å². The molecular weight excluding hydrogens is 402 g/mol. The van der Waals surface area contributed by atoms with Crippen LogP contribution in [-0.2, 0) is 19.6 Å². The van der Waals surface area contributed by atoms with Gasteiger partial charge in [0.1, 0.15) is 6.07 Å². The maximum absolute atomic E-state index is 12.6. The first-order valence-corrected chi connectivity index (χ1v) is 9.36. The number of hydrogen-bond acceptors (Lipinski definition) is 10. The Morgan fingerprint density at radius 2 is 1.83 bits per heavy atom. The second-order valence-electron chi connectivity index (χ2n) is 5.22. The van der Waals surface area contributed by atoms with Crippen LogP contribution in [0.15, 0.2) is 47.0 Å². The van der Waals surface area contributed by atoms with E-state index >= 15 is 0 Å². The molecule has 0 aliphatic carbocycles. The van der Waals surface area contributed by atoms with Crippen molar-refractivity contribution in [3.8, 4) is 18.0 Å². The zero-order chi connectivity index (χ0) is 21.4. The van der Waals surface area contributed by atoms with Crippen LogP contribution >= 0.6 is 0 Å². The highest BCUT2D eigenvalue weighted by Crippen LogP contribution is 2.21. The predicted molar refractivity (Wildman–Crippen MR) is 102 cm³/mol. The minimum atomic E-state index is -3.95. The molecule has 0 radical (unpaired) electrons. The van der Waals surface area contributed by atoms with Gasteiger partial charge in [0, 0.05) is 18.0 Å². The van der Waals surface area contributed by atoms with Gasteiger partial charge >= 0.3 is 12.0 Å². The number of rotatable bonds is 8. The summed E-state index contributed by atoms with van der Waals surface area (Å²) in [5.74, 6) is -0.700. The van der Waals surface area contributed by atoms with E-state index in [4.69, 9.17) is 14.7 Å². The molecule has 1 heterocycles. The molecule has 0 atom stereocenters. The van der Waals surface area contributed by atoms with E-state index in [2.05, 4.69) is 24.7 Å². The van der Waals surface area contributed by atoms with Crippen LogP contribution in [0.4, 0.5) is 11.5 Å². The molecule has 0 amide bonds. The van der Waals surface area contributed by atoms with Crippen LogP contribution in [0, 0.1) is 11.3 Å². The second-order valence-corrected chi connectivity index (χ2v) is 6.90. The van der Waals surface area contributed by atoms with E-state index in [-0.39, 0.29) is 28.2 Å². The van der Waals surface area contributed by atoms with Crippen LogP contribution in [0.3, 0.4) is 0 Å². The van der Waals surface area contributed by atoms with E-state index in [1.54, 1.807) is 6.07 Å². The van der Waals surface area contributed by atoms with Gasteiger partial charge in [0.05, 0.1) is 26.2 Å². The van der Waals surface area contributed by atoms with Crippen molar-refractivity contribution in [3.05, 3.63) is 42.1 Å². The number of carbonyl (C=O) groups is 1. The van der Waals surface area contributed by atoms with Gasteiger partial charge in [-0.05, 0) is 24.3 Å². The molecule has 0 saturated carbocycles. The zero-order valence-electron chi connectivity index (χ0n) is 15.7. The molecule has 11 nitrogen and oxygen atoms in total. The molecule has 0 aliphatic rings. The van der Waals surface area contributed by atoms with Crippen LogP contribution in [-0.4, -0.2) is 45.7 Å². The van der Waals surface area contributed by atoms with Crippen molar-refractivity contribution in [2.24, 2.45) is 0 Å². The average molecular weight is 419 g/mol. The average Bonchev–Trinajstić information content (AvgIpc) is 2.73. The standard InChI is InChI=1S/C17H17N5O6S/c1-26-15-8-14(20-17(21-15)28-3)22-29(24,25)13-6-4-12(5-7-13)19-10-11(9-18)16(23)27-2/h4-8,10,19H,1-3H3,(H,20,21,22)/b11-10+. The number of nitriles is 1. The summed E-state index contributed by atoms with van der Waals surface area (Å²) in [6.45, 7) is 0. The molecule has 12 heteroatoms. The van der Waals surface area contributed by atoms with Crippen molar-refractivity contribution in [2.75, 3.05) is 31.4 Å². The van der Waals surface area contributed by atoms with Crippen LogP contribution in [0.5, 0.6) is 11.9 Å². The molecule has 2 N–H and O–H groups in total. The van der Waals surface area contributed by atoms with Gasteiger partial charge in [-0.15, -0.1) is 0 Å². The third-order valence-corrected chi connectivity index (χ3v) is 4.76. The van der Waals surface area contributed by atoms with Gasteiger partial charge in [-0.2, -0.15) is 15.2 Å². The second kappa shape index (κ2) is 9.38. The Morgan fingerprint density at radius 3 is 2.38 bits per heavy atom. The molecule has 0 bridgehead atoms. The Balaban J connectivity index is 2.19. The highest BCUT2D eigenvalue weighted by molar-refractivity contribution is 7.92. The smallest absolute Gasteiger partial charge is 0.350 e. The van der Waals surface area contributed by atoms with Gasteiger partial charge in [0.15, 0.2) is 11.4 Å². The first-order chi connectivity index (χ1) is 13.8. The number of nitrogens with zero attached hydrogens (tertiary/aromatic N) is 3. The molecule has 2 aromatic rings. The lowest BCUT2D eigenvalue weighted by Crippen LogP contribution is -2.14. The molecule has 152 valence electrons. The topological polar surface area (TPSA) is 153 Å². The minimum Gasteiger partial charge on any atom is -0.481 e. The number of esters is 1. The molecule has 1 aromatic heterocycles. The summed E-state index contributed by atoms with van der Waals surface area (Å²) in [5, 5.41) is 11.6. The zero-order valence-corrected chi connectivity index (χ0v) is 16.5. The lowest BCUT2D eigenvalue weighted by Gasteiger charge is -2.10. The maximum Gasteiger partial charge on any atom is 0.350 e. The van der Waals surface area contributed by atoms with Crippen LogP contribution in [0.2, 0.25) is 0 Å². The van der Waals surface area contributed by atoms with Gasteiger partial charge in [-0.3, -0.25) is 4.72 Å². The fraction of sp³-hybridized carbons (Fsp3) is 0.176. The Labute approximate surface area is 167 Å². The number of methoxy groups -OCH3 is 3. The number of anilines is 2. The van der Waals surface area contributed by atoms with Crippen LogP contribution in [0.1, 0.15) is 0 Å². The van der Waals surface area contributed by atoms with E-state index in [1.807, 2.05) is 0 Å². The highest BCUT2D eigenvalue weighted by Gasteiger charge is 2.17. The summed E-state index contributed by atoms with van der Waals surface area (Å²) in [7, 11) is -0.0871. The summed E-state index contributed by atoms with van der Waals surface area (Å²) in [6, 6.07) is 8.51. The van der Waals surface area contributed by atoms with E-state index in [0.717, 1.165) is 13.3 Å². The fourth-order valence-corrected chi connectivity index (χ4v) is 2.97. The Bertz CT molecular complexity index is 1040. The summed E-state index contributed by atoms with van der Waals surface area (Å²) < 4.78 is 41.8. The van der Waals surface area contributed by atoms with E-state index in [0.29, 0.717) is 5.69 Å². The quantitative estimate of drug-likeness (QED) is 0.363. The number of hydrogen-bond donors (Lipinski definition) is 2. The number of sulfonamides is 1. The van der Waals surface area contributed by atoms with E-state index in [1.165, 1.54) is 44.6 Å². The first kappa shape index (κ1) is 21.5. The lowest BCUT2D eigenvalue weighted by atomic mass is 10.3. The predicted octanol–water partition coefficient (Wildman–Crippen LogP) is 1.29. The molecule has 2 rings (SSSR count). The van der Waals surface area contributed by atoms with Crippen molar-refractivity contribution in [3.63, 3.8) is 0 Å². The molecule has 0 aliphatic heterocycles. The van der Waals surface area contributed by atoms with Crippen molar-refractivity contribution < 1.29 is 27.4 Å². The number of benzene rings is 1. The molecule has 0 fully saturated rings. The van der Waals surface area contributed by atoms with E-state index in [9.17, 15) is 13.2 Å². The third kappa shape index (κ3) is 5.56. The monoisotopic (exact) mass is 419 g/mol. The Hall–Kier alpha value is -3.85. The van der Waals surface area contributed by atoms with Crippen LogP contribution in [0.25, 0.3) is 0 Å². The van der Waals surface area contributed by atoms with Crippen molar-refractivity contribution >= 4 is 27.5 Å². The van der Waals surface area contributed by atoms with Crippen LogP contribution < -0.4 is 19.5 Å². The third-order valence-electron chi connectivity index (χ3n) is 3.39. The normalized spacial score (nSPS) is 11.2. The molecule has 29 heavy (non-hydrogen) atoms. The number of aromatic nitrogens is 2. The molecule has 0 saturated heterocycles. The van der Waals surface area contributed by atoms with E-state index < -0.39 is 16.0 Å². The Morgan fingerprint density at radius 1 is 1.14 bits per heavy atom. The number of ether oxygens (including phenoxy) is 3. The van der Waals surface area contributed by atoms with Gasteiger partial charge in [-0.1, -0.05) is 0 Å². The highest BCUT2D eigenvalue weighted by atomic mass is 32.2.